The van der Waals surface area contributed by atoms with Crippen LogP contribution >= 0.6 is 11.3 Å². The number of hydrogen-bond acceptors (Lipinski definition) is 6. The van der Waals surface area contributed by atoms with Crippen molar-refractivity contribution in [1.29, 1.82) is 0 Å². The molecule has 26 heavy (non-hydrogen) atoms. The molecule has 4 amide bonds. The Kier molecular flexibility index (Phi) is 4.57. The van der Waals surface area contributed by atoms with Crippen LogP contribution in [0.2, 0.25) is 0 Å². The van der Waals surface area contributed by atoms with Gasteiger partial charge in [-0.25, -0.2) is 9.78 Å². The van der Waals surface area contributed by atoms with Crippen molar-refractivity contribution in [2.75, 3.05) is 11.4 Å². The van der Waals surface area contributed by atoms with Gasteiger partial charge in [0.2, 0.25) is 5.91 Å². The van der Waals surface area contributed by atoms with Gasteiger partial charge in [0.25, 0.3) is 5.91 Å². The van der Waals surface area contributed by atoms with Crippen molar-refractivity contribution >= 4 is 34.3 Å². The topological polar surface area (TPSA) is 95.8 Å². The number of nitrogens with one attached hydrogen (secondary N) is 1. The molecular formula is C17H20N4O4S. The van der Waals surface area contributed by atoms with Crippen molar-refractivity contribution in [2.24, 2.45) is 0 Å². The molecule has 1 saturated heterocycles. The van der Waals surface area contributed by atoms with Gasteiger partial charge < -0.3 is 9.73 Å². The van der Waals surface area contributed by atoms with E-state index in [0.717, 1.165) is 4.90 Å². The Morgan fingerprint density at radius 1 is 1.42 bits per heavy atom. The third-order valence-electron chi connectivity index (χ3n) is 4.30. The highest BCUT2D eigenvalue weighted by molar-refractivity contribution is 7.14. The summed E-state index contributed by atoms with van der Waals surface area (Å²) in [5, 5.41) is 4.99. The van der Waals surface area contributed by atoms with Crippen LogP contribution in [0.25, 0.3) is 0 Å². The minimum atomic E-state index is -1.24. The number of hydrogen-bond donors (Lipinski definition) is 1. The average Bonchev–Trinajstić information content (AvgIpc) is 3.25. The number of amides is 4. The van der Waals surface area contributed by atoms with Crippen LogP contribution in [0.4, 0.5) is 9.93 Å². The molecule has 0 saturated carbocycles. The number of carbonyl (C=O) groups excluding carboxylic acids is 3. The van der Waals surface area contributed by atoms with E-state index >= 15 is 0 Å². The third kappa shape index (κ3) is 2.98. The summed E-state index contributed by atoms with van der Waals surface area (Å²) in [6.07, 6.45) is 0. The second-order valence-electron chi connectivity index (χ2n) is 6.24. The van der Waals surface area contributed by atoms with E-state index in [1.807, 2.05) is 6.92 Å². The SMILES string of the molecule is CCN(C(C)=O)c1nc(CN2C(=O)NC(C)(c3ccc(C)o3)C2=O)cs1. The third-order valence-corrected chi connectivity index (χ3v) is 5.21. The summed E-state index contributed by atoms with van der Waals surface area (Å²) < 4.78 is 5.54. The maximum Gasteiger partial charge on any atom is 0.325 e. The molecule has 0 radical (unpaired) electrons. The second-order valence-corrected chi connectivity index (χ2v) is 7.08. The minimum absolute atomic E-state index is 0.0336. The van der Waals surface area contributed by atoms with Gasteiger partial charge in [0.15, 0.2) is 10.7 Å². The molecular weight excluding hydrogens is 356 g/mol. The van der Waals surface area contributed by atoms with Gasteiger partial charge >= 0.3 is 6.03 Å². The van der Waals surface area contributed by atoms with Gasteiger partial charge in [-0.05, 0) is 32.9 Å². The van der Waals surface area contributed by atoms with Crippen molar-refractivity contribution in [3.05, 3.63) is 34.7 Å². The van der Waals surface area contributed by atoms with E-state index in [9.17, 15) is 14.4 Å². The fourth-order valence-corrected chi connectivity index (χ4v) is 3.78. The molecule has 1 aliphatic rings. The molecule has 0 aliphatic carbocycles. The zero-order valence-electron chi connectivity index (χ0n) is 15.0. The number of thiazole rings is 1. The van der Waals surface area contributed by atoms with Crippen molar-refractivity contribution in [3.8, 4) is 0 Å². The first-order valence-corrected chi connectivity index (χ1v) is 9.07. The first-order valence-electron chi connectivity index (χ1n) is 8.19. The highest BCUT2D eigenvalue weighted by atomic mass is 32.1. The Hall–Kier alpha value is -2.68. The van der Waals surface area contributed by atoms with Gasteiger partial charge in [0.05, 0.1) is 12.2 Å². The maximum absolute atomic E-state index is 12.9. The van der Waals surface area contributed by atoms with E-state index in [4.69, 9.17) is 4.42 Å². The standard InChI is InChI=1S/C17H20N4O4S/c1-5-20(11(3)22)16-18-12(9-26-16)8-21-14(23)17(4,19-15(21)24)13-7-6-10(2)25-13/h6-7,9H,5,8H2,1-4H3,(H,19,24). The molecule has 0 spiro atoms. The number of aryl methyl sites for hydroxylation is 1. The van der Waals surface area contributed by atoms with E-state index < -0.39 is 17.5 Å². The van der Waals surface area contributed by atoms with E-state index in [1.54, 1.807) is 31.4 Å². The van der Waals surface area contributed by atoms with Crippen molar-refractivity contribution in [3.63, 3.8) is 0 Å². The van der Waals surface area contributed by atoms with E-state index in [2.05, 4.69) is 10.3 Å². The highest BCUT2D eigenvalue weighted by Crippen LogP contribution is 2.31. The molecule has 9 heteroatoms. The minimum Gasteiger partial charge on any atom is -0.463 e. The van der Waals surface area contributed by atoms with Gasteiger partial charge in [-0.3, -0.25) is 19.4 Å². The molecule has 0 aromatic carbocycles. The smallest absolute Gasteiger partial charge is 0.325 e. The molecule has 1 atom stereocenters. The van der Waals surface area contributed by atoms with E-state index in [-0.39, 0.29) is 12.5 Å². The lowest BCUT2D eigenvalue weighted by molar-refractivity contribution is -0.132. The first kappa shape index (κ1) is 18.1. The van der Waals surface area contributed by atoms with Crippen molar-refractivity contribution in [1.82, 2.24) is 15.2 Å². The number of rotatable bonds is 5. The molecule has 1 aliphatic heterocycles. The van der Waals surface area contributed by atoms with Gasteiger partial charge in [-0.2, -0.15) is 0 Å². The Morgan fingerprint density at radius 2 is 2.15 bits per heavy atom. The summed E-state index contributed by atoms with van der Waals surface area (Å²) in [5.41, 5.74) is -0.688. The van der Waals surface area contributed by atoms with E-state index in [1.165, 1.54) is 23.2 Å². The Labute approximate surface area is 154 Å². The van der Waals surface area contributed by atoms with Crippen LogP contribution in [0.5, 0.6) is 0 Å². The highest BCUT2D eigenvalue weighted by Gasteiger charge is 2.51. The molecule has 138 valence electrons. The quantitative estimate of drug-likeness (QED) is 0.809. The number of furan rings is 1. The van der Waals surface area contributed by atoms with Gasteiger partial charge in [-0.1, -0.05) is 0 Å². The van der Waals surface area contributed by atoms with Gasteiger partial charge in [-0.15, -0.1) is 11.3 Å². The summed E-state index contributed by atoms with van der Waals surface area (Å²) in [4.78, 5) is 43.9. The van der Waals surface area contributed by atoms with Crippen molar-refractivity contribution in [2.45, 2.75) is 39.8 Å². The van der Waals surface area contributed by atoms with Crippen LogP contribution in [-0.2, 0) is 21.7 Å². The van der Waals surface area contributed by atoms with Crippen LogP contribution in [0.15, 0.2) is 21.9 Å². The molecule has 1 unspecified atom stereocenters. The normalized spacial score (nSPS) is 19.8. The summed E-state index contributed by atoms with van der Waals surface area (Å²) in [5.74, 6) is 0.549. The lowest BCUT2D eigenvalue weighted by Gasteiger charge is -2.18. The lowest BCUT2D eigenvalue weighted by Crippen LogP contribution is -2.40. The van der Waals surface area contributed by atoms with Gasteiger partial charge in [0.1, 0.15) is 11.5 Å². The number of carbonyl (C=O) groups is 3. The maximum atomic E-state index is 12.9. The Morgan fingerprint density at radius 3 is 2.73 bits per heavy atom. The van der Waals surface area contributed by atoms with Crippen LogP contribution in [0, 0.1) is 6.92 Å². The largest absolute Gasteiger partial charge is 0.463 e. The molecule has 2 aromatic heterocycles. The van der Waals surface area contributed by atoms with Crippen LogP contribution < -0.4 is 10.2 Å². The fraction of sp³-hybridized carbons (Fsp3) is 0.412. The van der Waals surface area contributed by atoms with Crippen LogP contribution in [0.3, 0.4) is 0 Å². The molecule has 3 heterocycles. The zero-order chi connectivity index (χ0) is 19.1. The molecule has 0 bridgehead atoms. The first-order chi connectivity index (χ1) is 12.3. The van der Waals surface area contributed by atoms with Gasteiger partial charge in [0, 0.05) is 18.8 Å². The Balaban J connectivity index is 1.81. The zero-order valence-corrected chi connectivity index (χ0v) is 15.8. The second kappa shape index (κ2) is 6.56. The predicted octanol–water partition coefficient (Wildman–Crippen LogP) is 2.38. The number of anilines is 1. The molecule has 1 fully saturated rings. The number of urea groups is 1. The predicted molar refractivity (Wildman–Crippen MR) is 95.7 cm³/mol. The number of nitrogens with zero attached hydrogens (tertiary/aromatic N) is 3. The fourth-order valence-electron chi connectivity index (χ4n) is 2.86. The van der Waals surface area contributed by atoms with Crippen LogP contribution in [0.1, 0.15) is 38.0 Å². The summed E-state index contributed by atoms with van der Waals surface area (Å²) in [6, 6.07) is 2.93. The summed E-state index contributed by atoms with van der Waals surface area (Å²) in [6.45, 7) is 7.26. The van der Waals surface area contributed by atoms with E-state index in [0.29, 0.717) is 28.9 Å². The molecule has 2 aromatic rings. The summed E-state index contributed by atoms with van der Waals surface area (Å²) >= 11 is 1.30. The lowest BCUT2D eigenvalue weighted by atomic mass is 9.99. The molecule has 3 rings (SSSR count). The van der Waals surface area contributed by atoms with Crippen LogP contribution in [-0.4, -0.2) is 34.3 Å². The Bertz CT molecular complexity index is 874. The van der Waals surface area contributed by atoms with Crippen molar-refractivity contribution < 1.29 is 18.8 Å². The number of imide groups is 1. The summed E-state index contributed by atoms with van der Waals surface area (Å²) in [7, 11) is 0. The monoisotopic (exact) mass is 376 g/mol. The average molecular weight is 376 g/mol. The molecule has 8 nitrogen and oxygen atoms in total. The number of aromatic nitrogens is 1. The molecule has 1 N–H and O–H groups in total.